The summed E-state index contributed by atoms with van der Waals surface area (Å²) in [5, 5.41) is 10.3. The average molecular weight is 549 g/mol. The van der Waals surface area contributed by atoms with Crippen molar-refractivity contribution in [2.75, 3.05) is 0 Å². The van der Waals surface area contributed by atoms with Gasteiger partial charge in [-0.15, -0.1) is 0 Å². The van der Waals surface area contributed by atoms with Crippen LogP contribution >= 0.6 is 0 Å². The number of fused-ring (bicyclic) bond motifs is 10. The van der Waals surface area contributed by atoms with Crippen LogP contribution in [0.15, 0.2) is 140 Å². The molecule has 0 aliphatic carbocycles. The molecule has 8 aromatic rings. The number of nitrogens with zero attached hydrogens (tertiary/aromatic N) is 1. The van der Waals surface area contributed by atoms with E-state index in [4.69, 9.17) is 0 Å². The predicted octanol–water partition coefficient (Wildman–Crippen LogP) is 9.58. The number of aromatic nitrogens is 1. The van der Waals surface area contributed by atoms with Crippen molar-refractivity contribution < 1.29 is 0 Å². The van der Waals surface area contributed by atoms with E-state index in [9.17, 15) is 0 Å². The van der Waals surface area contributed by atoms with Gasteiger partial charge in [-0.05, 0) is 0 Å². The second-order valence-corrected chi connectivity index (χ2v) is 12.0. The van der Waals surface area contributed by atoms with Gasteiger partial charge in [0.25, 0.3) is 0 Å². The van der Waals surface area contributed by atoms with Gasteiger partial charge >= 0.3 is 227 Å². The third-order valence-electron chi connectivity index (χ3n) is 7.62. The molecule has 1 nitrogen and oxygen atoms in total. The quantitative estimate of drug-likeness (QED) is 0.180. The first-order chi connectivity index (χ1) is 18.9. The molecule has 0 aliphatic heterocycles. The molecular formula is C36H23NSe. The van der Waals surface area contributed by atoms with Gasteiger partial charge in [0.1, 0.15) is 0 Å². The Morgan fingerprint density at radius 1 is 0.342 bits per heavy atom. The summed E-state index contributed by atoms with van der Waals surface area (Å²) in [6.07, 6.45) is 0. The molecule has 0 N–H and O–H groups in total. The van der Waals surface area contributed by atoms with E-state index >= 15 is 0 Å². The molecule has 0 aliphatic rings. The van der Waals surface area contributed by atoms with Gasteiger partial charge in [-0.2, -0.15) is 0 Å². The van der Waals surface area contributed by atoms with Crippen LogP contribution in [-0.4, -0.2) is 19.1 Å². The van der Waals surface area contributed by atoms with Gasteiger partial charge in [0.15, 0.2) is 0 Å². The number of benzene rings is 6. The topological polar surface area (TPSA) is 4.93 Å². The molecule has 0 unspecified atom stereocenters. The van der Waals surface area contributed by atoms with E-state index in [1.165, 1.54) is 62.6 Å². The van der Waals surface area contributed by atoms with Crippen molar-refractivity contribution in [1.82, 2.24) is 4.57 Å². The third kappa shape index (κ3) is 3.25. The molecule has 2 aromatic heterocycles. The summed E-state index contributed by atoms with van der Waals surface area (Å²) in [6.45, 7) is 0. The summed E-state index contributed by atoms with van der Waals surface area (Å²) < 4.78 is 5.40. The molecule has 0 radical (unpaired) electrons. The maximum absolute atomic E-state index is 2.48. The Balaban J connectivity index is 1.79. The second-order valence-electron chi connectivity index (χ2n) is 9.74. The van der Waals surface area contributed by atoms with E-state index in [1.54, 1.807) is 0 Å². The minimum absolute atomic E-state index is 0.293. The molecule has 0 atom stereocenters. The predicted molar refractivity (Wildman–Crippen MR) is 165 cm³/mol. The SMILES string of the molecule is c1ccc(-n2c3ccccc3c3ccccc3c3ccccc3c3cc4[se]c5ccccc5c4cc32)cc1. The van der Waals surface area contributed by atoms with Crippen molar-refractivity contribution in [3.8, 4) is 5.69 Å². The van der Waals surface area contributed by atoms with Gasteiger partial charge in [-0.3, -0.25) is 0 Å². The van der Waals surface area contributed by atoms with Gasteiger partial charge in [-0.25, -0.2) is 0 Å². The Kier molecular flexibility index (Phi) is 4.91. The number of hydrogen-bond donors (Lipinski definition) is 0. The van der Waals surface area contributed by atoms with Crippen LogP contribution in [0, 0.1) is 0 Å². The fourth-order valence-electron chi connectivity index (χ4n) is 5.95. The Hall–Kier alpha value is -4.36. The normalized spacial score (nSPS) is 11.7. The van der Waals surface area contributed by atoms with Crippen molar-refractivity contribution in [3.63, 3.8) is 0 Å². The van der Waals surface area contributed by atoms with Crippen LogP contribution in [0.1, 0.15) is 0 Å². The molecule has 38 heavy (non-hydrogen) atoms. The van der Waals surface area contributed by atoms with Gasteiger partial charge in [0, 0.05) is 0 Å². The van der Waals surface area contributed by atoms with Crippen molar-refractivity contribution in [2.24, 2.45) is 0 Å². The molecule has 0 saturated carbocycles. The zero-order valence-electron chi connectivity index (χ0n) is 20.6. The van der Waals surface area contributed by atoms with Crippen LogP contribution in [0.25, 0.3) is 68.3 Å². The maximum atomic E-state index is 2.48. The van der Waals surface area contributed by atoms with Gasteiger partial charge in [0.05, 0.1) is 0 Å². The summed E-state index contributed by atoms with van der Waals surface area (Å²) in [6, 6.07) is 51.3. The molecule has 2 heteroatoms. The summed E-state index contributed by atoms with van der Waals surface area (Å²) in [5.74, 6) is 0. The molecule has 0 bridgehead atoms. The van der Waals surface area contributed by atoms with E-state index in [2.05, 4.69) is 144 Å². The Labute approximate surface area is 226 Å². The molecule has 0 saturated heterocycles. The number of hydrogen-bond acceptors (Lipinski definition) is 0. The summed E-state index contributed by atoms with van der Waals surface area (Å²) >= 11 is 0.293. The van der Waals surface area contributed by atoms with E-state index in [0.717, 1.165) is 5.69 Å². The third-order valence-corrected chi connectivity index (χ3v) is 10.00. The van der Waals surface area contributed by atoms with E-state index in [1.807, 2.05) is 0 Å². The first kappa shape index (κ1) is 21.7. The fraction of sp³-hybridized carbons (Fsp3) is 0. The fourth-order valence-corrected chi connectivity index (χ4v) is 8.31. The van der Waals surface area contributed by atoms with Crippen molar-refractivity contribution in [3.05, 3.63) is 140 Å². The Morgan fingerprint density at radius 2 is 0.868 bits per heavy atom. The van der Waals surface area contributed by atoms with Crippen LogP contribution in [-0.2, 0) is 0 Å². The van der Waals surface area contributed by atoms with Gasteiger partial charge < -0.3 is 0 Å². The van der Waals surface area contributed by atoms with Gasteiger partial charge in [-0.1, -0.05) is 0 Å². The van der Waals surface area contributed by atoms with Crippen LogP contribution in [0.3, 0.4) is 0 Å². The van der Waals surface area contributed by atoms with Gasteiger partial charge in [0.2, 0.25) is 0 Å². The van der Waals surface area contributed by atoms with E-state index in [0.29, 0.717) is 14.5 Å². The molecular weight excluding hydrogens is 525 g/mol. The van der Waals surface area contributed by atoms with Crippen LogP contribution in [0.5, 0.6) is 0 Å². The monoisotopic (exact) mass is 549 g/mol. The summed E-state index contributed by atoms with van der Waals surface area (Å²) in [7, 11) is 0. The van der Waals surface area contributed by atoms with Crippen LogP contribution in [0.4, 0.5) is 0 Å². The zero-order valence-corrected chi connectivity index (χ0v) is 22.3. The van der Waals surface area contributed by atoms with Crippen molar-refractivity contribution in [1.29, 1.82) is 0 Å². The number of rotatable bonds is 1. The molecule has 6 aromatic carbocycles. The van der Waals surface area contributed by atoms with E-state index in [-0.39, 0.29) is 0 Å². The number of para-hydroxylation sites is 2. The van der Waals surface area contributed by atoms with Crippen LogP contribution < -0.4 is 0 Å². The standard InChI is InChI=1S/C36H23NSe/c1-2-12-24(13-3-1)37-33-20-10-8-18-29(33)27-16-6-4-14-25(27)26-15-5-7-17-28(26)31-23-36-32(22-34(31)37)30-19-9-11-21-35(30)38-36/h1-23H. The first-order valence-electron chi connectivity index (χ1n) is 13.0. The molecule has 0 amide bonds. The summed E-state index contributed by atoms with van der Waals surface area (Å²) in [4.78, 5) is 0. The molecule has 2 heterocycles. The average Bonchev–Trinajstić information content (AvgIpc) is 3.36. The Bertz CT molecular complexity index is 2230. The minimum atomic E-state index is 0.293. The molecule has 0 spiro atoms. The Morgan fingerprint density at radius 3 is 1.58 bits per heavy atom. The molecule has 0 fully saturated rings. The second kappa shape index (κ2) is 8.60. The first-order valence-corrected chi connectivity index (χ1v) is 14.7. The van der Waals surface area contributed by atoms with Crippen molar-refractivity contribution in [2.45, 2.75) is 0 Å². The summed E-state index contributed by atoms with van der Waals surface area (Å²) in [5.41, 5.74) is 3.57. The molecule has 8 rings (SSSR count). The van der Waals surface area contributed by atoms with E-state index < -0.39 is 0 Å². The zero-order chi connectivity index (χ0) is 25.1. The molecule has 178 valence electrons. The van der Waals surface area contributed by atoms with Crippen LogP contribution in [0.2, 0.25) is 0 Å². The van der Waals surface area contributed by atoms with Crippen molar-refractivity contribution >= 4 is 77.1 Å².